The number of rotatable bonds is 10. The number of ether oxygens (including phenoxy) is 4. The molecule has 8 nitrogen and oxygen atoms in total. The number of hydrogen-bond donors (Lipinski definition) is 1. The minimum atomic E-state index is 0.665. The number of hydrogen-bond acceptors (Lipinski definition) is 6. The summed E-state index contributed by atoms with van der Waals surface area (Å²) < 4.78 is 22.2. The molecule has 2 heterocycles. The molecule has 1 aromatic rings. The predicted molar refractivity (Wildman–Crippen MR) is 127 cm³/mol. The van der Waals surface area contributed by atoms with Crippen LogP contribution in [-0.2, 0) is 16.0 Å². The predicted octanol–water partition coefficient (Wildman–Crippen LogP) is 2.23. The maximum Gasteiger partial charge on any atom is 0.193 e. The largest absolute Gasteiger partial charge is 0.497 e. The molecule has 0 spiro atoms. The van der Waals surface area contributed by atoms with E-state index < -0.39 is 0 Å². The Bertz CT molecular complexity index is 701. The van der Waals surface area contributed by atoms with E-state index in [1.807, 2.05) is 19.2 Å². The summed E-state index contributed by atoms with van der Waals surface area (Å²) in [6.07, 6.45) is 3.24. The van der Waals surface area contributed by atoms with E-state index in [4.69, 9.17) is 18.9 Å². The monoisotopic (exact) mass is 448 g/mol. The molecular formula is C24H40N4O4. The molecule has 1 aromatic carbocycles. The van der Waals surface area contributed by atoms with Crippen molar-refractivity contribution in [2.75, 3.05) is 80.4 Å². The number of nitrogens with zero attached hydrogens (tertiary/aromatic N) is 3. The molecule has 0 bridgehead atoms. The molecular weight excluding hydrogens is 408 g/mol. The van der Waals surface area contributed by atoms with Crippen LogP contribution in [0.4, 0.5) is 0 Å². The Morgan fingerprint density at radius 2 is 1.91 bits per heavy atom. The summed E-state index contributed by atoms with van der Waals surface area (Å²) >= 11 is 0. The highest BCUT2D eigenvalue weighted by molar-refractivity contribution is 5.79. The van der Waals surface area contributed by atoms with E-state index in [9.17, 15) is 0 Å². The molecule has 2 aliphatic heterocycles. The Labute approximate surface area is 192 Å². The number of guanidine groups is 1. The van der Waals surface area contributed by atoms with E-state index in [2.05, 4.69) is 26.2 Å². The van der Waals surface area contributed by atoms with Crippen LogP contribution in [0, 0.1) is 5.92 Å². The third-order valence-electron chi connectivity index (χ3n) is 6.21. The number of nitrogens with one attached hydrogen (secondary N) is 1. The van der Waals surface area contributed by atoms with Crippen LogP contribution in [0.25, 0.3) is 0 Å². The van der Waals surface area contributed by atoms with Gasteiger partial charge in [-0.25, -0.2) is 0 Å². The van der Waals surface area contributed by atoms with Crippen LogP contribution < -0.4 is 14.8 Å². The maximum atomic E-state index is 5.87. The van der Waals surface area contributed by atoms with Gasteiger partial charge in [-0.05, 0) is 43.4 Å². The van der Waals surface area contributed by atoms with Crippen molar-refractivity contribution < 1.29 is 18.9 Å². The van der Waals surface area contributed by atoms with Gasteiger partial charge in [0.1, 0.15) is 11.5 Å². The second-order valence-corrected chi connectivity index (χ2v) is 8.40. The van der Waals surface area contributed by atoms with Crippen LogP contribution in [0.2, 0.25) is 0 Å². The number of benzene rings is 1. The molecule has 0 aromatic heterocycles. The van der Waals surface area contributed by atoms with Crippen molar-refractivity contribution in [3.05, 3.63) is 23.8 Å². The lowest BCUT2D eigenvalue weighted by molar-refractivity contribution is 0.0203. The first kappa shape index (κ1) is 24.6. The maximum absolute atomic E-state index is 5.87. The van der Waals surface area contributed by atoms with Gasteiger partial charge in [0.05, 0.1) is 14.2 Å². The SMILES string of the molecule is CN=C(NCCCOCC1CCOCC1)N1CCN(Cc2cc(OC)ccc2OC)CC1. The average Bonchev–Trinajstić information content (AvgIpc) is 2.85. The quantitative estimate of drug-likeness (QED) is 0.334. The summed E-state index contributed by atoms with van der Waals surface area (Å²) in [5.41, 5.74) is 1.16. The first-order valence-corrected chi connectivity index (χ1v) is 11.8. The van der Waals surface area contributed by atoms with Gasteiger partial charge >= 0.3 is 0 Å². The van der Waals surface area contributed by atoms with Crippen LogP contribution in [0.3, 0.4) is 0 Å². The van der Waals surface area contributed by atoms with Crippen molar-refractivity contribution in [2.24, 2.45) is 10.9 Å². The second-order valence-electron chi connectivity index (χ2n) is 8.40. The van der Waals surface area contributed by atoms with Gasteiger partial charge in [-0.3, -0.25) is 9.89 Å². The molecule has 2 aliphatic rings. The van der Waals surface area contributed by atoms with E-state index in [1.54, 1.807) is 14.2 Å². The first-order valence-electron chi connectivity index (χ1n) is 11.8. The van der Waals surface area contributed by atoms with Gasteiger partial charge in [-0.15, -0.1) is 0 Å². The van der Waals surface area contributed by atoms with Crippen LogP contribution >= 0.6 is 0 Å². The lowest BCUT2D eigenvalue weighted by Gasteiger charge is -2.36. The van der Waals surface area contributed by atoms with Crippen molar-refractivity contribution in [2.45, 2.75) is 25.8 Å². The third-order valence-corrected chi connectivity index (χ3v) is 6.21. The average molecular weight is 449 g/mol. The van der Waals surface area contributed by atoms with E-state index in [-0.39, 0.29) is 0 Å². The molecule has 32 heavy (non-hydrogen) atoms. The van der Waals surface area contributed by atoms with Crippen molar-refractivity contribution in [1.29, 1.82) is 0 Å². The van der Waals surface area contributed by atoms with Gasteiger partial charge in [0.25, 0.3) is 0 Å². The smallest absolute Gasteiger partial charge is 0.193 e. The first-order chi connectivity index (χ1) is 15.7. The van der Waals surface area contributed by atoms with Crippen LogP contribution in [-0.4, -0.2) is 96.2 Å². The number of methoxy groups -OCH3 is 2. The highest BCUT2D eigenvalue weighted by atomic mass is 16.5. The second kappa shape index (κ2) is 13.5. The van der Waals surface area contributed by atoms with Crippen molar-refractivity contribution in [1.82, 2.24) is 15.1 Å². The molecule has 180 valence electrons. The Balaban J connectivity index is 1.34. The highest BCUT2D eigenvalue weighted by Crippen LogP contribution is 2.25. The molecule has 0 amide bonds. The van der Waals surface area contributed by atoms with Gasteiger partial charge in [0.2, 0.25) is 0 Å². The molecule has 0 aliphatic carbocycles. The highest BCUT2D eigenvalue weighted by Gasteiger charge is 2.21. The van der Waals surface area contributed by atoms with Crippen molar-refractivity contribution in [3.63, 3.8) is 0 Å². The summed E-state index contributed by atoms with van der Waals surface area (Å²) in [6, 6.07) is 5.98. The van der Waals surface area contributed by atoms with E-state index in [0.29, 0.717) is 5.92 Å². The minimum absolute atomic E-state index is 0.665. The molecule has 0 saturated carbocycles. The fraction of sp³-hybridized carbons (Fsp3) is 0.708. The lowest BCUT2D eigenvalue weighted by Crippen LogP contribution is -2.52. The topological polar surface area (TPSA) is 67.8 Å². The minimum Gasteiger partial charge on any atom is -0.497 e. The Morgan fingerprint density at radius 1 is 1.12 bits per heavy atom. The molecule has 0 radical (unpaired) electrons. The van der Waals surface area contributed by atoms with E-state index in [0.717, 1.165) is 108 Å². The summed E-state index contributed by atoms with van der Waals surface area (Å²) in [5.74, 6) is 3.41. The molecule has 8 heteroatoms. The van der Waals surface area contributed by atoms with Gasteiger partial charge in [-0.2, -0.15) is 0 Å². The normalized spacial score (nSPS) is 18.6. The van der Waals surface area contributed by atoms with Gasteiger partial charge < -0.3 is 29.2 Å². The molecule has 2 saturated heterocycles. The molecule has 0 unspecified atom stereocenters. The van der Waals surface area contributed by atoms with Crippen molar-refractivity contribution >= 4 is 5.96 Å². The molecule has 1 N–H and O–H groups in total. The Kier molecular flexibility index (Phi) is 10.4. The molecule has 2 fully saturated rings. The molecule has 0 atom stereocenters. The zero-order chi connectivity index (χ0) is 22.6. The standard InChI is InChI=1S/C24H40N4O4/c1-25-24(26-9-4-14-32-19-20-7-15-31-16-8-20)28-12-10-27(11-13-28)18-21-17-22(29-2)5-6-23(21)30-3/h5-6,17,20H,4,7-16,18-19H2,1-3H3,(H,25,26). The van der Waals surface area contributed by atoms with Gasteiger partial charge in [-0.1, -0.05) is 0 Å². The lowest BCUT2D eigenvalue weighted by atomic mass is 10.0. The van der Waals surface area contributed by atoms with E-state index >= 15 is 0 Å². The summed E-state index contributed by atoms with van der Waals surface area (Å²) in [4.78, 5) is 9.27. The van der Waals surface area contributed by atoms with E-state index in [1.165, 1.54) is 0 Å². The molecule has 3 rings (SSSR count). The van der Waals surface area contributed by atoms with Gasteiger partial charge in [0.15, 0.2) is 5.96 Å². The summed E-state index contributed by atoms with van der Waals surface area (Å²) in [7, 11) is 5.27. The van der Waals surface area contributed by atoms with Crippen LogP contribution in [0.5, 0.6) is 11.5 Å². The van der Waals surface area contributed by atoms with Crippen LogP contribution in [0.15, 0.2) is 23.2 Å². The van der Waals surface area contributed by atoms with Crippen molar-refractivity contribution in [3.8, 4) is 11.5 Å². The fourth-order valence-electron chi connectivity index (χ4n) is 4.23. The Morgan fingerprint density at radius 3 is 2.59 bits per heavy atom. The zero-order valence-corrected chi connectivity index (χ0v) is 20.0. The number of aliphatic imine (C=N–C) groups is 1. The summed E-state index contributed by atoms with van der Waals surface area (Å²) in [5, 5.41) is 3.50. The fourth-order valence-corrected chi connectivity index (χ4v) is 4.23. The number of piperazine rings is 1. The summed E-state index contributed by atoms with van der Waals surface area (Å²) in [6.45, 7) is 9.00. The zero-order valence-electron chi connectivity index (χ0n) is 20.0. The Hall–Kier alpha value is -2.03. The van der Waals surface area contributed by atoms with Crippen LogP contribution in [0.1, 0.15) is 24.8 Å². The van der Waals surface area contributed by atoms with Gasteiger partial charge in [0, 0.05) is 78.3 Å². The third kappa shape index (κ3) is 7.53.